The largest absolute Gasteiger partial charge is 0.472 e. The van der Waals surface area contributed by atoms with Gasteiger partial charge >= 0.3 is 6.03 Å². The molecule has 1 fully saturated rings. The second kappa shape index (κ2) is 8.17. The average molecular weight is 303 g/mol. The number of carbonyl (C=O) groups is 1. The monoisotopic (exact) mass is 303 g/mol. The van der Waals surface area contributed by atoms with Crippen molar-refractivity contribution >= 4 is 6.03 Å². The first-order chi connectivity index (χ1) is 10.7. The predicted octanol–water partition coefficient (Wildman–Crippen LogP) is 1.75. The first kappa shape index (κ1) is 16.0. The van der Waals surface area contributed by atoms with Crippen molar-refractivity contribution in [2.24, 2.45) is 0 Å². The number of nitriles is 1. The Labute approximate surface area is 130 Å². The summed E-state index contributed by atoms with van der Waals surface area (Å²) in [6.07, 6.45) is 7.27. The lowest BCUT2D eigenvalue weighted by Crippen LogP contribution is -2.44. The summed E-state index contributed by atoms with van der Waals surface area (Å²) >= 11 is 0. The Bertz CT molecular complexity index is 535. The Morgan fingerprint density at radius 3 is 2.77 bits per heavy atom. The highest BCUT2D eigenvalue weighted by molar-refractivity contribution is 5.74. The number of rotatable bonds is 5. The zero-order valence-electron chi connectivity index (χ0n) is 12.7. The molecule has 1 saturated carbocycles. The highest BCUT2D eigenvalue weighted by atomic mass is 16.5. The molecular formula is C15H21N5O2. The predicted molar refractivity (Wildman–Crippen MR) is 80.2 cm³/mol. The number of carbonyl (C=O) groups excluding carboxylic acids is 1. The molecule has 0 radical (unpaired) electrons. The lowest BCUT2D eigenvalue weighted by atomic mass is 9.93. The van der Waals surface area contributed by atoms with Crippen molar-refractivity contribution in [2.75, 3.05) is 6.54 Å². The fourth-order valence-corrected chi connectivity index (χ4v) is 2.45. The van der Waals surface area contributed by atoms with Gasteiger partial charge in [0, 0.05) is 25.0 Å². The van der Waals surface area contributed by atoms with Gasteiger partial charge in [0.2, 0.25) is 5.69 Å². The first-order valence-corrected chi connectivity index (χ1v) is 7.65. The van der Waals surface area contributed by atoms with Gasteiger partial charge in [-0.25, -0.2) is 14.8 Å². The van der Waals surface area contributed by atoms with Crippen molar-refractivity contribution in [3.8, 4) is 11.9 Å². The third-order valence-corrected chi connectivity index (χ3v) is 3.59. The number of hydrogen-bond acceptors (Lipinski definition) is 5. The molecule has 0 saturated heterocycles. The van der Waals surface area contributed by atoms with E-state index in [1.165, 1.54) is 12.4 Å². The maximum Gasteiger partial charge on any atom is 0.315 e. The molecule has 7 nitrogen and oxygen atoms in total. The van der Waals surface area contributed by atoms with Crippen molar-refractivity contribution in [3.63, 3.8) is 0 Å². The van der Waals surface area contributed by atoms with Gasteiger partial charge in [0.1, 0.15) is 12.2 Å². The molecule has 0 aromatic carbocycles. The summed E-state index contributed by atoms with van der Waals surface area (Å²) in [6.45, 7) is 2.71. The summed E-state index contributed by atoms with van der Waals surface area (Å²) in [7, 11) is 0. The molecule has 2 amide bonds. The van der Waals surface area contributed by atoms with E-state index in [0.717, 1.165) is 32.1 Å². The van der Waals surface area contributed by atoms with Crippen LogP contribution < -0.4 is 15.4 Å². The maximum atomic E-state index is 11.6. The van der Waals surface area contributed by atoms with Gasteiger partial charge in [0.15, 0.2) is 0 Å². The van der Waals surface area contributed by atoms with Crippen LogP contribution in [-0.2, 0) is 0 Å². The molecule has 2 N–H and O–H groups in total. The van der Waals surface area contributed by atoms with Gasteiger partial charge in [-0.15, -0.1) is 0 Å². The van der Waals surface area contributed by atoms with Gasteiger partial charge in [-0.2, -0.15) is 5.26 Å². The van der Waals surface area contributed by atoms with E-state index in [2.05, 4.69) is 20.6 Å². The van der Waals surface area contributed by atoms with E-state index in [-0.39, 0.29) is 23.9 Å². The van der Waals surface area contributed by atoms with Gasteiger partial charge in [0.05, 0.1) is 0 Å². The molecule has 0 bridgehead atoms. The molecule has 1 aromatic heterocycles. The zero-order valence-corrected chi connectivity index (χ0v) is 12.7. The second-order valence-corrected chi connectivity index (χ2v) is 5.31. The van der Waals surface area contributed by atoms with E-state index in [9.17, 15) is 4.79 Å². The summed E-state index contributed by atoms with van der Waals surface area (Å²) < 4.78 is 5.77. The van der Waals surface area contributed by atoms with E-state index in [4.69, 9.17) is 10.00 Å². The second-order valence-electron chi connectivity index (χ2n) is 5.31. The van der Waals surface area contributed by atoms with E-state index in [1.54, 1.807) is 0 Å². The van der Waals surface area contributed by atoms with E-state index < -0.39 is 0 Å². The smallest absolute Gasteiger partial charge is 0.315 e. The molecule has 0 atom stereocenters. The molecule has 2 rings (SSSR count). The number of ether oxygens (including phenoxy) is 1. The number of urea groups is 1. The van der Waals surface area contributed by atoms with Crippen molar-refractivity contribution in [3.05, 3.63) is 18.1 Å². The molecule has 0 unspecified atom stereocenters. The Morgan fingerprint density at radius 1 is 1.36 bits per heavy atom. The maximum absolute atomic E-state index is 11.6. The van der Waals surface area contributed by atoms with Gasteiger partial charge in [-0.05, 0) is 32.1 Å². The fourth-order valence-electron chi connectivity index (χ4n) is 2.45. The molecule has 118 valence electrons. The van der Waals surface area contributed by atoms with Crippen molar-refractivity contribution in [1.82, 2.24) is 20.6 Å². The van der Waals surface area contributed by atoms with Crippen molar-refractivity contribution in [1.29, 1.82) is 5.26 Å². The van der Waals surface area contributed by atoms with Gasteiger partial charge in [-0.1, -0.05) is 6.92 Å². The molecule has 1 aliphatic carbocycles. The molecule has 1 aliphatic rings. The number of aromatic nitrogens is 2. The summed E-state index contributed by atoms with van der Waals surface area (Å²) in [5.41, 5.74) is 0.210. The Balaban J connectivity index is 1.78. The first-order valence-electron chi connectivity index (χ1n) is 7.65. The van der Waals surface area contributed by atoms with Crippen LogP contribution in [0.1, 0.15) is 44.7 Å². The number of nitrogens with zero attached hydrogens (tertiary/aromatic N) is 3. The topological polar surface area (TPSA) is 99.9 Å². The highest BCUT2D eigenvalue weighted by Crippen LogP contribution is 2.23. The zero-order chi connectivity index (χ0) is 15.8. The Morgan fingerprint density at radius 2 is 2.09 bits per heavy atom. The SMILES string of the molecule is CCCNC(=O)NC1CCC(Oc2nccnc2C#N)CC1. The molecule has 1 heterocycles. The molecule has 7 heteroatoms. The summed E-state index contributed by atoms with van der Waals surface area (Å²) in [6, 6.07) is 2.05. The lowest BCUT2D eigenvalue weighted by molar-refractivity contribution is 0.134. The average Bonchev–Trinajstić information content (AvgIpc) is 2.55. The summed E-state index contributed by atoms with van der Waals surface area (Å²) in [5, 5.41) is 14.8. The molecule has 0 spiro atoms. The minimum absolute atomic E-state index is 0.0144. The highest BCUT2D eigenvalue weighted by Gasteiger charge is 2.24. The van der Waals surface area contributed by atoms with Gasteiger partial charge in [0.25, 0.3) is 5.88 Å². The molecule has 0 aliphatic heterocycles. The van der Waals surface area contributed by atoms with Crippen LogP contribution in [0, 0.1) is 11.3 Å². The van der Waals surface area contributed by atoms with Crippen LogP contribution >= 0.6 is 0 Å². The van der Waals surface area contributed by atoms with Crippen LogP contribution in [-0.4, -0.2) is 34.7 Å². The molecular weight excluding hydrogens is 282 g/mol. The van der Waals surface area contributed by atoms with Crippen LogP contribution in [0.4, 0.5) is 4.79 Å². The third-order valence-electron chi connectivity index (χ3n) is 3.59. The number of amides is 2. The summed E-state index contributed by atoms with van der Waals surface area (Å²) in [5.74, 6) is 0.294. The normalized spacial score (nSPS) is 20.7. The standard InChI is InChI=1S/C15H21N5O2/c1-2-7-19-15(21)20-11-3-5-12(6-4-11)22-14-13(10-16)17-8-9-18-14/h8-9,11-12H,2-7H2,1H3,(H2,19,20,21). The van der Waals surface area contributed by atoms with E-state index in [0.29, 0.717) is 12.4 Å². The van der Waals surface area contributed by atoms with Crippen LogP contribution in [0.25, 0.3) is 0 Å². The van der Waals surface area contributed by atoms with Crippen LogP contribution in [0.3, 0.4) is 0 Å². The number of nitrogens with one attached hydrogen (secondary N) is 2. The van der Waals surface area contributed by atoms with Crippen molar-refractivity contribution in [2.45, 2.75) is 51.2 Å². The molecule has 1 aromatic rings. The Hall–Kier alpha value is -2.36. The molecule has 22 heavy (non-hydrogen) atoms. The number of hydrogen-bond donors (Lipinski definition) is 2. The summed E-state index contributed by atoms with van der Waals surface area (Å²) in [4.78, 5) is 19.6. The lowest BCUT2D eigenvalue weighted by Gasteiger charge is -2.29. The van der Waals surface area contributed by atoms with Gasteiger partial charge < -0.3 is 15.4 Å². The fraction of sp³-hybridized carbons (Fsp3) is 0.600. The minimum Gasteiger partial charge on any atom is -0.472 e. The Kier molecular flexibility index (Phi) is 5.95. The van der Waals surface area contributed by atoms with E-state index in [1.807, 2.05) is 13.0 Å². The van der Waals surface area contributed by atoms with Crippen LogP contribution in [0.5, 0.6) is 5.88 Å². The van der Waals surface area contributed by atoms with Crippen LogP contribution in [0.15, 0.2) is 12.4 Å². The minimum atomic E-state index is -0.105. The van der Waals surface area contributed by atoms with Crippen molar-refractivity contribution < 1.29 is 9.53 Å². The quantitative estimate of drug-likeness (QED) is 0.863. The van der Waals surface area contributed by atoms with E-state index >= 15 is 0 Å². The van der Waals surface area contributed by atoms with Gasteiger partial charge in [-0.3, -0.25) is 0 Å². The van der Waals surface area contributed by atoms with Crippen LogP contribution in [0.2, 0.25) is 0 Å². The third kappa shape index (κ3) is 4.58.